The average molecular weight is 291 g/mol. The number of aryl methyl sites for hydroxylation is 1. The van der Waals surface area contributed by atoms with E-state index in [1.54, 1.807) is 12.1 Å². The predicted molar refractivity (Wildman–Crippen MR) is 76.1 cm³/mol. The van der Waals surface area contributed by atoms with Crippen LogP contribution in [-0.2, 0) is 6.54 Å². The Hall–Kier alpha value is -2.41. The van der Waals surface area contributed by atoms with E-state index in [0.717, 1.165) is 10.7 Å². The van der Waals surface area contributed by atoms with Gasteiger partial charge >= 0.3 is 12.0 Å². The molecule has 104 valence electrons. The molecule has 2 rings (SSSR count). The first kappa shape index (κ1) is 14.0. The number of carbonyl (C=O) groups excluding carboxylic acids is 1. The van der Waals surface area contributed by atoms with Gasteiger partial charge in [-0.15, -0.1) is 11.3 Å². The first-order valence-electron chi connectivity index (χ1n) is 5.84. The van der Waals surface area contributed by atoms with E-state index >= 15 is 0 Å². The first-order chi connectivity index (χ1) is 9.54. The van der Waals surface area contributed by atoms with Gasteiger partial charge in [0.15, 0.2) is 0 Å². The molecule has 0 atom stereocenters. The van der Waals surface area contributed by atoms with Crippen molar-refractivity contribution in [3.8, 4) is 0 Å². The maximum atomic E-state index is 11.7. The van der Waals surface area contributed by atoms with E-state index in [9.17, 15) is 9.59 Å². The van der Waals surface area contributed by atoms with Crippen molar-refractivity contribution >= 4 is 29.0 Å². The summed E-state index contributed by atoms with van der Waals surface area (Å²) in [6.45, 7) is 2.22. The van der Waals surface area contributed by atoms with E-state index in [1.807, 2.05) is 12.3 Å². The SMILES string of the molecule is Cc1csc(CNC(=O)Nc2cccc(C(=O)O)c2)n1. The summed E-state index contributed by atoms with van der Waals surface area (Å²) in [7, 11) is 0. The van der Waals surface area contributed by atoms with Crippen molar-refractivity contribution in [2.45, 2.75) is 13.5 Å². The van der Waals surface area contributed by atoms with Crippen LogP contribution >= 0.6 is 11.3 Å². The van der Waals surface area contributed by atoms with Crippen LogP contribution in [0, 0.1) is 6.92 Å². The van der Waals surface area contributed by atoms with E-state index in [2.05, 4.69) is 15.6 Å². The molecule has 1 heterocycles. The number of carbonyl (C=O) groups is 2. The number of hydrogen-bond acceptors (Lipinski definition) is 4. The van der Waals surface area contributed by atoms with E-state index in [1.165, 1.54) is 23.5 Å². The predicted octanol–water partition coefficient (Wildman–Crippen LogP) is 2.47. The number of hydrogen-bond donors (Lipinski definition) is 3. The van der Waals surface area contributed by atoms with Crippen LogP contribution in [0.5, 0.6) is 0 Å². The summed E-state index contributed by atoms with van der Waals surface area (Å²) in [5.74, 6) is -1.03. The summed E-state index contributed by atoms with van der Waals surface area (Å²) >= 11 is 1.47. The quantitative estimate of drug-likeness (QED) is 0.807. The number of amides is 2. The number of benzene rings is 1. The van der Waals surface area contributed by atoms with E-state index in [-0.39, 0.29) is 5.56 Å². The molecule has 1 aromatic heterocycles. The van der Waals surface area contributed by atoms with Gasteiger partial charge in [-0.2, -0.15) is 0 Å². The fourth-order valence-electron chi connectivity index (χ4n) is 1.55. The van der Waals surface area contributed by atoms with Crippen LogP contribution in [-0.4, -0.2) is 22.1 Å². The van der Waals surface area contributed by atoms with Gasteiger partial charge in [0.05, 0.1) is 12.1 Å². The molecule has 0 bridgehead atoms. The number of carboxylic acid groups (broad SMARTS) is 1. The van der Waals surface area contributed by atoms with Gasteiger partial charge in [0, 0.05) is 16.8 Å². The van der Waals surface area contributed by atoms with Crippen LogP contribution in [0.1, 0.15) is 21.1 Å². The van der Waals surface area contributed by atoms with Gasteiger partial charge in [0.1, 0.15) is 5.01 Å². The molecule has 0 aliphatic heterocycles. The lowest BCUT2D eigenvalue weighted by Gasteiger charge is -2.07. The zero-order valence-corrected chi connectivity index (χ0v) is 11.5. The third-order valence-electron chi connectivity index (χ3n) is 2.43. The summed E-state index contributed by atoms with van der Waals surface area (Å²) < 4.78 is 0. The lowest BCUT2D eigenvalue weighted by Crippen LogP contribution is -2.28. The highest BCUT2D eigenvalue weighted by molar-refractivity contribution is 7.09. The van der Waals surface area contributed by atoms with E-state index in [0.29, 0.717) is 12.2 Å². The summed E-state index contributed by atoms with van der Waals surface area (Å²) in [6.07, 6.45) is 0. The molecule has 6 nitrogen and oxygen atoms in total. The van der Waals surface area contributed by atoms with Gasteiger partial charge in [-0.05, 0) is 25.1 Å². The monoisotopic (exact) mass is 291 g/mol. The van der Waals surface area contributed by atoms with Crippen LogP contribution in [0.4, 0.5) is 10.5 Å². The third kappa shape index (κ3) is 3.79. The minimum Gasteiger partial charge on any atom is -0.478 e. The van der Waals surface area contributed by atoms with Gasteiger partial charge in [-0.1, -0.05) is 6.07 Å². The molecular formula is C13H13N3O3S. The average Bonchev–Trinajstić information content (AvgIpc) is 2.82. The molecule has 20 heavy (non-hydrogen) atoms. The Kier molecular flexibility index (Phi) is 4.31. The molecule has 0 fully saturated rings. The molecular weight excluding hydrogens is 278 g/mol. The first-order valence-corrected chi connectivity index (χ1v) is 6.72. The van der Waals surface area contributed by atoms with Gasteiger partial charge in [0.2, 0.25) is 0 Å². The molecule has 7 heteroatoms. The molecule has 1 aromatic carbocycles. The topological polar surface area (TPSA) is 91.3 Å². The standard InChI is InChI=1S/C13H13N3O3S/c1-8-7-20-11(15-8)6-14-13(19)16-10-4-2-3-9(5-10)12(17)18/h2-5,7H,6H2,1H3,(H,17,18)(H2,14,16,19). The molecule has 0 aliphatic carbocycles. The number of rotatable bonds is 4. The van der Waals surface area contributed by atoms with Crippen molar-refractivity contribution in [1.82, 2.24) is 10.3 Å². The summed E-state index contributed by atoms with van der Waals surface area (Å²) in [4.78, 5) is 26.7. The van der Waals surface area contributed by atoms with Crippen LogP contribution in [0.15, 0.2) is 29.6 Å². The van der Waals surface area contributed by atoms with Crippen molar-refractivity contribution in [3.05, 3.63) is 45.9 Å². The highest BCUT2D eigenvalue weighted by Crippen LogP contribution is 2.11. The molecule has 0 aliphatic rings. The molecule has 0 radical (unpaired) electrons. The molecule has 0 unspecified atom stereocenters. The molecule has 0 spiro atoms. The smallest absolute Gasteiger partial charge is 0.335 e. The summed E-state index contributed by atoms with van der Waals surface area (Å²) in [5.41, 5.74) is 1.47. The van der Waals surface area contributed by atoms with Crippen molar-refractivity contribution in [3.63, 3.8) is 0 Å². The lowest BCUT2D eigenvalue weighted by molar-refractivity contribution is 0.0697. The Morgan fingerprint density at radius 2 is 2.20 bits per heavy atom. The highest BCUT2D eigenvalue weighted by atomic mass is 32.1. The molecule has 0 saturated carbocycles. The van der Waals surface area contributed by atoms with Crippen molar-refractivity contribution < 1.29 is 14.7 Å². The van der Waals surface area contributed by atoms with Crippen LogP contribution in [0.3, 0.4) is 0 Å². The third-order valence-corrected chi connectivity index (χ3v) is 3.40. The zero-order valence-electron chi connectivity index (χ0n) is 10.7. The van der Waals surface area contributed by atoms with Gasteiger partial charge in [-0.25, -0.2) is 14.6 Å². The molecule has 3 N–H and O–H groups in total. The second kappa shape index (κ2) is 6.16. The molecule has 2 aromatic rings. The summed E-state index contributed by atoms with van der Waals surface area (Å²) in [6, 6.07) is 5.66. The largest absolute Gasteiger partial charge is 0.478 e. The number of nitrogens with zero attached hydrogens (tertiary/aromatic N) is 1. The van der Waals surface area contributed by atoms with E-state index in [4.69, 9.17) is 5.11 Å². The number of urea groups is 1. The fraction of sp³-hybridized carbons (Fsp3) is 0.154. The second-order valence-electron chi connectivity index (χ2n) is 4.08. The zero-order chi connectivity index (χ0) is 14.5. The maximum absolute atomic E-state index is 11.7. The second-order valence-corrected chi connectivity index (χ2v) is 5.02. The van der Waals surface area contributed by atoms with Crippen molar-refractivity contribution in [1.29, 1.82) is 0 Å². The Balaban J connectivity index is 1.91. The highest BCUT2D eigenvalue weighted by Gasteiger charge is 2.06. The Morgan fingerprint density at radius 3 is 2.85 bits per heavy atom. The number of aromatic nitrogens is 1. The minimum atomic E-state index is -1.03. The summed E-state index contributed by atoms with van der Waals surface area (Å²) in [5, 5.41) is 16.8. The maximum Gasteiger partial charge on any atom is 0.335 e. The molecule has 2 amide bonds. The lowest BCUT2D eigenvalue weighted by atomic mass is 10.2. The fourth-order valence-corrected chi connectivity index (χ4v) is 2.26. The van der Waals surface area contributed by atoms with Gasteiger partial charge in [-0.3, -0.25) is 0 Å². The normalized spacial score (nSPS) is 10.1. The van der Waals surface area contributed by atoms with Crippen LogP contribution in [0.2, 0.25) is 0 Å². The number of anilines is 1. The van der Waals surface area contributed by atoms with Gasteiger partial charge < -0.3 is 15.7 Å². The van der Waals surface area contributed by atoms with E-state index < -0.39 is 12.0 Å². The number of aromatic carboxylic acids is 1. The van der Waals surface area contributed by atoms with Crippen molar-refractivity contribution in [2.24, 2.45) is 0 Å². The minimum absolute atomic E-state index is 0.123. The number of nitrogens with one attached hydrogen (secondary N) is 2. The Bertz CT molecular complexity index is 639. The van der Waals surface area contributed by atoms with Crippen LogP contribution in [0.25, 0.3) is 0 Å². The number of carboxylic acids is 1. The van der Waals surface area contributed by atoms with Crippen molar-refractivity contribution in [2.75, 3.05) is 5.32 Å². The van der Waals surface area contributed by atoms with Gasteiger partial charge in [0.25, 0.3) is 0 Å². The van der Waals surface area contributed by atoms with Crippen LogP contribution < -0.4 is 10.6 Å². The Labute approximate surface area is 119 Å². The molecule has 0 saturated heterocycles. The Morgan fingerprint density at radius 1 is 1.40 bits per heavy atom. The number of thiazole rings is 1.